The van der Waals surface area contributed by atoms with Crippen molar-refractivity contribution in [3.63, 3.8) is 0 Å². The largest absolute Gasteiger partial charge is 0.378 e. The topological polar surface area (TPSA) is 29.5 Å². The van der Waals surface area contributed by atoms with Gasteiger partial charge in [-0.25, -0.2) is 0 Å². The maximum atomic E-state index is 12.1. The molecule has 86 valence electrons. The summed E-state index contributed by atoms with van der Waals surface area (Å²) in [4.78, 5) is 13.9. The monoisotopic (exact) mass is 237 g/mol. The number of ether oxygens (including phenoxy) is 1. The number of hydrogen-bond donors (Lipinski definition) is 1. The Bertz CT molecular complexity index is 358. The first kappa shape index (κ1) is 11.5. The van der Waals surface area contributed by atoms with Gasteiger partial charge >= 0.3 is 0 Å². The molecule has 1 amide bonds. The predicted molar refractivity (Wildman–Crippen MR) is 65.9 cm³/mol. The molecule has 1 aliphatic heterocycles. The van der Waals surface area contributed by atoms with Crippen molar-refractivity contribution in [1.29, 1.82) is 0 Å². The highest BCUT2D eigenvalue weighted by Crippen LogP contribution is 2.10. The third-order valence-electron chi connectivity index (χ3n) is 2.68. The van der Waals surface area contributed by atoms with E-state index >= 15 is 0 Å². The van der Waals surface area contributed by atoms with Crippen molar-refractivity contribution in [2.75, 3.05) is 26.3 Å². The Kier molecular flexibility index (Phi) is 3.85. The first-order chi connectivity index (χ1) is 7.81. The Morgan fingerprint density at radius 3 is 2.44 bits per heavy atom. The van der Waals surface area contributed by atoms with Crippen LogP contribution in [0.2, 0.25) is 0 Å². The summed E-state index contributed by atoms with van der Waals surface area (Å²) < 4.78 is 5.22. The number of morpholine rings is 1. The van der Waals surface area contributed by atoms with Gasteiger partial charge in [-0.05, 0) is 17.7 Å². The van der Waals surface area contributed by atoms with Crippen molar-refractivity contribution in [3.05, 3.63) is 35.4 Å². The van der Waals surface area contributed by atoms with Crippen LogP contribution in [0.3, 0.4) is 0 Å². The van der Waals surface area contributed by atoms with Crippen molar-refractivity contribution in [3.8, 4) is 0 Å². The van der Waals surface area contributed by atoms with Gasteiger partial charge in [0.1, 0.15) is 0 Å². The summed E-state index contributed by atoms with van der Waals surface area (Å²) in [5, 5.41) is 0. The summed E-state index contributed by atoms with van der Waals surface area (Å²) in [5.74, 6) is 0.792. The first-order valence-electron chi connectivity index (χ1n) is 5.38. The van der Waals surface area contributed by atoms with Crippen molar-refractivity contribution in [2.24, 2.45) is 0 Å². The third-order valence-corrected chi connectivity index (χ3v) is 3.05. The van der Waals surface area contributed by atoms with Crippen molar-refractivity contribution < 1.29 is 9.53 Å². The van der Waals surface area contributed by atoms with Gasteiger partial charge in [0.2, 0.25) is 0 Å². The van der Waals surface area contributed by atoms with E-state index in [4.69, 9.17) is 4.74 Å². The van der Waals surface area contributed by atoms with Crippen LogP contribution < -0.4 is 0 Å². The predicted octanol–water partition coefficient (Wildman–Crippen LogP) is 1.59. The molecule has 1 fully saturated rings. The molecule has 0 N–H and O–H groups in total. The molecule has 4 heteroatoms. The van der Waals surface area contributed by atoms with Gasteiger partial charge in [-0.1, -0.05) is 12.1 Å². The lowest BCUT2D eigenvalue weighted by Gasteiger charge is -2.26. The number of hydrogen-bond acceptors (Lipinski definition) is 3. The van der Waals surface area contributed by atoms with E-state index in [-0.39, 0.29) is 5.91 Å². The molecular weight excluding hydrogens is 222 g/mol. The standard InChI is InChI=1S/C12H15NO2S/c14-12(13-5-7-15-8-6-13)11-3-1-10(9-16)2-4-11/h1-4,16H,5-9H2. The van der Waals surface area contributed by atoms with E-state index in [2.05, 4.69) is 12.6 Å². The zero-order valence-electron chi connectivity index (χ0n) is 9.06. The molecule has 1 aromatic carbocycles. The molecule has 0 saturated carbocycles. The summed E-state index contributed by atoms with van der Waals surface area (Å²) in [7, 11) is 0. The summed E-state index contributed by atoms with van der Waals surface area (Å²) in [6.45, 7) is 2.65. The smallest absolute Gasteiger partial charge is 0.254 e. The van der Waals surface area contributed by atoms with Gasteiger partial charge in [-0.15, -0.1) is 0 Å². The molecule has 0 spiro atoms. The fourth-order valence-electron chi connectivity index (χ4n) is 1.70. The minimum atomic E-state index is 0.0917. The van der Waals surface area contributed by atoms with Crippen LogP contribution >= 0.6 is 12.6 Å². The van der Waals surface area contributed by atoms with Gasteiger partial charge in [0.25, 0.3) is 5.91 Å². The molecule has 1 saturated heterocycles. The van der Waals surface area contributed by atoms with E-state index in [0.717, 1.165) is 11.1 Å². The minimum Gasteiger partial charge on any atom is -0.378 e. The van der Waals surface area contributed by atoms with Crippen LogP contribution in [-0.4, -0.2) is 37.1 Å². The second-order valence-corrected chi connectivity index (χ2v) is 4.08. The quantitative estimate of drug-likeness (QED) is 0.792. The number of carbonyl (C=O) groups is 1. The lowest BCUT2D eigenvalue weighted by Crippen LogP contribution is -2.40. The van der Waals surface area contributed by atoms with Crippen molar-refractivity contribution in [2.45, 2.75) is 5.75 Å². The zero-order valence-corrected chi connectivity index (χ0v) is 9.95. The SMILES string of the molecule is O=C(c1ccc(CS)cc1)N1CCOCC1. The zero-order chi connectivity index (χ0) is 11.4. The Balaban J connectivity index is 2.07. The highest BCUT2D eigenvalue weighted by molar-refractivity contribution is 7.79. The molecule has 0 radical (unpaired) electrons. The molecular formula is C12H15NO2S. The van der Waals surface area contributed by atoms with Crippen LogP contribution in [0.25, 0.3) is 0 Å². The van der Waals surface area contributed by atoms with E-state index in [1.165, 1.54) is 0 Å². The van der Waals surface area contributed by atoms with Crippen molar-refractivity contribution in [1.82, 2.24) is 4.90 Å². The molecule has 0 atom stereocenters. The maximum Gasteiger partial charge on any atom is 0.254 e. The normalized spacial score (nSPS) is 16.2. The molecule has 1 aromatic rings. The average Bonchev–Trinajstić information content (AvgIpc) is 2.39. The van der Waals surface area contributed by atoms with Gasteiger partial charge in [0.15, 0.2) is 0 Å². The lowest BCUT2D eigenvalue weighted by atomic mass is 10.1. The van der Waals surface area contributed by atoms with E-state index < -0.39 is 0 Å². The number of benzene rings is 1. The fraction of sp³-hybridized carbons (Fsp3) is 0.417. The Hall–Kier alpha value is -1.00. The lowest BCUT2D eigenvalue weighted by molar-refractivity contribution is 0.0303. The number of carbonyl (C=O) groups excluding carboxylic acids is 1. The molecule has 3 nitrogen and oxygen atoms in total. The molecule has 1 aliphatic rings. The minimum absolute atomic E-state index is 0.0917. The molecule has 0 aliphatic carbocycles. The average molecular weight is 237 g/mol. The molecule has 0 bridgehead atoms. The Labute approximate surface area is 101 Å². The fourth-order valence-corrected chi connectivity index (χ4v) is 1.91. The van der Waals surface area contributed by atoms with Gasteiger partial charge in [0, 0.05) is 24.4 Å². The molecule has 2 rings (SSSR count). The van der Waals surface area contributed by atoms with Crippen LogP contribution in [0.5, 0.6) is 0 Å². The molecule has 1 heterocycles. The van der Waals surface area contributed by atoms with E-state index in [1.807, 2.05) is 29.2 Å². The molecule has 0 unspecified atom stereocenters. The third kappa shape index (κ3) is 2.57. The summed E-state index contributed by atoms with van der Waals surface area (Å²) in [6.07, 6.45) is 0. The van der Waals surface area contributed by atoms with Gasteiger partial charge in [-0.2, -0.15) is 12.6 Å². The first-order valence-corrected chi connectivity index (χ1v) is 6.01. The van der Waals surface area contributed by atoms with Crippen LogP contribution in [0.1, 0.15) is 15.9 Å². The summed E-state index contributed by atoms with van der Waals surface area (Å²) in [5.41, 5.74) is 1.87. The number of nitrogens with zero attached hydrogens (tertiary/aromatic N) is 1. The Morgan fingerprint density at radius 2 is 1.88 bits per heavy atom. The second kappa shape index (κ2) is 5.37. The van der Waals surface area contributed by atoms with Crippen LogP contribution in [-0.2, 0) is 10.5 Å². The van der Waals surface area contributed by atoms with Gasteiger partial charge in [-0.3, -0.25) is 4.79 Å². The van der Waals surface area contributed by atoms with Gasteiger partial charge < -0.3 is 9.64 Å². The molecule has 0 aromatic heterocycles. The van der Waals surface area contributed by atoms with Crippen molar-refractivity contribution >= 4 is 18.5 Å². The number of rotatable bonds is 2. The Morgan fingerprint density at radius 1 is 1.25 bits per heavy atom. The van der Waals surface area contributed by atoms with Gasteiger partial charge in [0.05, 0.1) is 13.2 Å². The van der Waals surface area contributed by atoms with Crippen LogP contribution in [0.4, 0.5) is 0 Å². The molecule has 16 heavy (non-hydrogen) atoms. The highest BCUT2D eigenvalue weighted by atomic mass is 32.1. The second-order valence-electron chi connectivity index (χ2n) is 3.76. The summed E-state index contributed by atoms with van der Waals surface area (Å²) in [6, 6.07) is 7.62. The summed E-state index contributed by atoms with van der Waals surface area (Å²) >= 11 is 4.19. The van der Waals surface area contributed by atoms with Crippen LogP contribution in [0.15, 0.2) is 24.3 Å². The van der Waals surface area contributed by atoms with E-state index in [0.29, 0.717) is 32.1 Å². The number of thiol groups is 1. The van der Waals surface area contributed by atoms with E-state index in [1.54, 1.807) is 0 Å². The van der Waals surface area contributed by atoms with Crippen LogP contribution in [0, 0.1) is 0 Å². The maximum absolute atomic E-state index is 12.1. The van der Waals surface area contributed by atoms with E-state index in [9.17, 15) is 4.79 Å². The highest BCUT2D eigenvalue weighted by Gasteiger charge is 2.17. The number of amides is 1.